The summed E-state index contributed by atoms with van der Waals surface area (Å²) in [5.41, 5.74) is 0. The molecule has 0 amide bonds. The summed E-state index contributed by atoms with van der Waals surface area (Å²) < 4.78 is 1.27. The Labute approximate surface area is 89.4 Å². The van der Waals surface area contributed by atoms with Crippen LogP contribution >= 0.6 is 22.6 Å². The summed E-state index contributed by atoms with van der Waals surface area (Å²) >= 11 is 2.46. The van der Waals surface area contributed by atoms with Gasteiger partial charge in [-0.25, -0.2) is 0 Å². The lowest BCUT2D eigenvalue weighted by atomic mass is 10.4. The molecule has 0 saturated carbocycles. The fourth-order valence-electron chi connectivity index (χ4n) is 1.68. The molecule has 0 bridgehead atoms. The Kier molecular flexibility index (Phi) is 5.50. The van der Waals surface area contributed by atoms with Crippen molar-refractivity contribution in [3.05, 3.63) is 0 Å². The van der Waals surface area contributed by atoms with Crippen LogP contribution in [-0.4, -0.2) is 53.5 Å². The van der Waals surface area contributed by atoms with Gasteiger partial charge < -0.3 is 9.80 Å². The van der Waals surface area contributed by atoms with Gasteiger partial charge in [-0.05, 0) is 26.1 Å². The molecular weight excluding hydrogens is 263 g/mol. The molecule has 0 radical (unpaired) electrons. The number of alkyl halides is 1. The molecule has 0 aromatic carbocycles. The van der Waals surface area contributed by atoms with Crippen molar-refractivity contribution in [3.8, 4) is 0 Å². The first-order chi connectivity index (χ1) is 5.86. The van der Waals surface area contributed by atoms with E-state index in [1.54, 1.807) is 0 Å². The smallest absolute Gasteiger partial charge is 0.0123 e. The van der Waals surface area contributed by atoms with E-state index in [0.717, 1.165) is 0 Å². The molecule has 1 heterocycles. The summed E-state index contributed by atoms with van der Waals surface area (Å²) in [6.07, 6.45) is 1.35. The first-order valence-electron chi connectivity index (χ1n) is 4.87. The molecule has 72 valence electrons. The molecule has 1 aliphatic rings. The zero-order valence-corrected chi connectivity index (χ0v) is 10.1. The van der Waals surface area contributed by atoms with Crippen LogP contribution in [0.2, 0.25) is 0 Å². The summed E-state index contributed by atoms with van der Waals surface area (Å²) in [5.74, 6) is 0. The molecule has 0 unspecified atom stereocenters. The van der Waals surface area contributed by atoms with Gasteiger partial charge in [-0.2, -0.15) is 0 Å². The minimum atomic E-state index is 1.22. The second-order valence-corrected chi connectivity index (χ2v) is 4.40. The van der Waals surface area contributed by atoms with Crippen molar-refractivity contribution in [1.82, 2.24) is 9.80 Å². The van der Waals surface area contributed by atoms with Crippen LogP contribution in [0.25, 0.3) is 0 Å². The van der Waals surface area contributed by atoms with Crippen molar-refractivity contribution < 1.29 is 0 Å². The molecular formula is C9H19IN2. The molecule has 12 heavy (non-hydrogen) atoms. The number of halogens is 1. The number of likely N-dealkylation sites (N-methyl/N-ethyl adjacent to an activating group) is 1. The summed E-state index contributed by atoms with van der Waals surface area (Å²) in [6, 6.07) is 0. The lowest BCUT2D eigenvalue weighted by molar-refractivity contribution is 0.273. The molecule has 0 atom stereocenters. The van der Waals surface area contributed by atoms with Crippen molar-refractivity contribution in [3.63, 3.8) is 0 Å². The van der Waals surface area contributed by atoms with E-state index in [0.29, 0.717) is 0 Å². The maximum atomic E-state index is 2.59. The van der Waals surface area contributed by atoms with E-state index >= 15 is 0 Å². The molecule has 0 spiro atoms. The number of hydrogen-bond acceptors (Lipinski definition) is 2. The largest absolute Gasteiger partial charge is 0.302 e. The minimum Gasteiger partial charge on any atom is -0.302 e. The lowest BCUT2D eigenvalue weighted by Gasteiger charge is -2.19. The van der Waals surface area contributed by atoms with Crippen molar-refractivity contribution in [1.29, 1.82) is 0 Å². The SMILES string of the molecule is CCN1CCCN(CCI)CC1. The third-order valence-electron chi connectivity index (χ3n) is 2.53. The van der Waals surface area contributed by atoms with E-state index < -0.39 is 0 Å². The van der Waals surface area contributed by atoms with E-state index in [4.69, 9.17) is 0 Å². The van der Waals surface area contributed by atoms with Gasteiger partial charge in [0.15, 0.2) is 0 Å². The fraction of sp³-hybridized carbons (Fsp3) is 1.00. The van der Waals surface area contributed by atoms with Crippen LogP contribution in [0.1, 0.15) is 13.3 Å². The van der Waals surface area contributed by atoms with E-state index in [1.165, 1.54) is 50.1 Å². The summed E-state index contributed by atoms with van der Waals surface area (Å²) in [5, 5.41) is 0. The van der Waals surface area contributed by atoms with Gasteiger partial charge in [-0.15, -0.1) is 0 Å². The van der Waals surface area contributed by atoms with Gasteiger partial charge in [0.25, 0.3) is 0 Å². The van der Waals surface area contributed by atoms with E-state index in [1.807, 2.05) is 0 Å². The predicted molar refractivity (Wildman–Crippen MR) is 62.1 cm³/mol. The first-order valence-corrected chi connectivity index (χ1v) is 6.40. The third-order valence-corrected chi connectivity index (χ3v) is 3.01. The second kappa shape index (κ2) is 6.16. The summed E-state index contributed by atoms with van der Waals surface area (Å²) in [6.45, 7) is 9.90. The Morgan fingerprint density at radius 3 is 2.42 bits per heavy atom. The maximum absolute atomic E-state index is 2.59. The Morgan fingerprint density at radius 1 is 1.08 bits per heavy atom. The van der Waals surface area contributed by atoms with Crippen molar-refractivity contribution in [2.75, 3.05) is 43.7 Å². The fourth-order valence-corrected chi connectivity index (χ4v) is 2.37. The normalized spacial score (nSPS) is 22.5. The molecule has 1 aliphatic heterocycles. The van der Waals surface area contributed by atoms with Crippen LogP contribution in [-0.2, 0) is 0 Å². The Morgan fingerprint density at radius 2 is 1.75 bits per heavy atom. The second-order valence-electron chi connectivity index (χ2n) is 3.32. The molecule has 0 aliphatic carbocycles. The standard InChI is InChI=1S/C9H19IN2/c1-2-11-5-3-6-12(7-4-10)9-8-11/h2-9H2,1H3. The zero-order valence-electron chi connectivity index (χ0n) is 7.93. The highest BCUT2D eigenvalue weighted by Gasteiger charge is 2.11. The topological polar surface area (TPSA) is 6.48 Å². The number of nitrogens with zero attached hydrogens (tertiary/aromatic N) is 2. The van der Waals surface area contributed by atoms with Crippen LogP contribution in [0.4, 0.5) is 0 Å². The summed E-state index contributed by atoms with van der Waals surface area (Å²) in [7, 11) is 0. The molecule has 1 rings (SSSR count). The molecule has 2 nitrogen and oxygen atoms in total. The Bertz CT molecular complexity index is 119. The Balaban J connectivity index is 2.24. The van der Waals surface area contributed by atoms with Gasteiger partial charge >= 0.3 is 0 Å². The van der Waals surface area contributed by atoms with Gasteiger partial charge in [0.05, 0.1) is 0 Å². The zero-order chi connectivity index (χ0) is 8.81. The molecule has 1 fully saturated rings. The van der Waals surface area contributed by atoms with Crippen LogP contribution in [0.15, 0.2) is 0 Å². The highest BCUT2D eigenvalue weighted by atomic mass is 127. The van der Waals surface area contributed by atoms with Crippen LogP contribution < -0.4 is 0 Å². The highest BCUT2D eigenvalue weighted by molar-refractivity contribution is 14.1. The first kappa shape index (κ1) is 10.7. The highest BCUT2D eigenvalue weighted by Crippen LogP contribution is 2.02. The van der Waals surface area contributed by atoms with Gasteiger partial charge in [0, 0.05) is 24.1 Å². The van der Waals surface area contributed by atoms with Crippen LogP contribution in [0.5, 0.6) is 0 Å². The van der Waals surface area contributed by atoms with Crippen molar-refractivity contribution in [2.45, 2.75) is 13.3 Å². The molecule has 3 heteroatoms. The van der Waals surface area contributed by atoms with E-state index in [-0.39, 0.29) is 0 Å². The lowest BCUT2D eigenvalue weighted by Crippen LogP contribution is -2.31. The minimum absolute atomic E-state index is 1.22. The summed E-state index contributed by atoms with van der Waals surface area (Å²) in [4.78, 5) is 5.13. The van der Waals surface area contributed by atoms with Gasteiger partial charge in [-0.3, -0.25) is 0 Å². The Hall–Kier alpha value is 0.650. The van der Waals surface area contributed by atoms with Gasteiger partial charge in [-0.1, -0.05) is 29.5 Å². The third kappa shape index (κ3) is 3.58. The van der Waals surface area contributed by atoms with E-state index in [2.05, 4.69) is 39.3 Å². The average Bonchev–Trinajstić information content (AvgIpc) is 2.31. The molecule has 0 aromatic heterocycles. The van der Waals surface area contributed by atoms with Crippen LogP contribution in [0, 0.1) is 0 Å². The van der Waals surface area contributed by atoms with Crippen molar-refractivity contribution in [2.24, 2.45) is 0 Å². The van der Waals surface area contributed by atoms with Gasteiger partial charge in [0.1, 0.15) is 0 Å². The van der Waals surface area contributed by atoms with Crippen LogP contribution in [0.3, 0.4) is 0 Å². The number of hydrogen-bond donors (Lipinski definition) is 0. The van der Waals surface area contributed by atoms with Gasteiger partial charge in [0.2, 0.25) is 0 Å². The molecule has 1 saturated heterocycles. The quantitative estimate of drug-likeness (QED) is 0.571. The van der Waals surface area contributed by atoms with Crippen molar-refractivity contribution >= 4 is 22.6 Å². The van der Waals surface area contributed by atoms with E-state index in [9.17, 15) is 0 Å². The average molecular weight is 282 g/mol. The predicted octanol–water partition coefficient (Wildman–Crippen LogP) is 1.45. The monoisotopic (exact) mass is 282 g/mol. The maximum Gasteiger partial charge on any atom is 0.0123 e. The molecule has 0 N–H and O–H groups in total. The molecule has 0 aromatic rings. The number of rotatable bonds is 3.